The Kier molecular flexibility index (Phi) is 7.69. The number of rotatable bonds is 7. The lowest BCUT2D eigenvalue weighted by Gasteiger charge is -2.29. The summed E-state index contributed by atoms with van der Waals surface area (Å²) in [5.74, 6) is 1.04. The Labute approximate surface area is 216 Å². The number of amides is 3. The van der Waals surface area contributed by atoms with Gasteiger partial charge in [0.15, 0.2) is 6.29 Å². The molecule has 0 bridgehead atoms. The van der Waals surface area contributed by atoms with E-state index in [9.17, 15) is 19.6 Å². The molecule has 0 aromatic carbocycles. The molecule has 0 spiro atoms. The van der Waals surface area contributed by atoms with E-state index >= 15 is 0 Å². The van der Waals surface area contributed by atoms with Gasteiger partial charge in [-0.25, -0.2) is 14.8 Å². The highest BCUT2D eigenvalue weighted by Crippen LogP contribution is 2.30. The van der Waals surface area contributed by atoms with Gasteiger partial charge < -0.3 is 14.5 Å². The van der Waals surface area contributed by atoms with Gasteiger partial charge in [0.1, 0.15) is 34.7 Å². The van der Waals surface area contributed by atoms with Crippen LogP contribution in [0.15, 0.2) is 18.3 Å². The van der Waals surface area contributed by atoms with Crippen LogP contribution in [0.1, 0.15) is 53.9 Å². The number of pyridine rings is 2. The Bertz CT molecular complexity index is 1250. The predicted octanol–water partition coefficient (Wildman–Crippen LogP) is 2.60. The molecule has 194 valence electrons. The molecule has 0 saturated carbocycles. The summed E-state index contributed by atoms with van der Waals surface area (Å²) < 4.78 is 5.68. The van der Waals surface area contributed by atoms with Crippen LogP contribution < -0.4 is 15.0 Å². The number of carbonyl (C=O) groups excluding carboxylic acids is 3. The number of nitrogens with one attached hydrogen (secondary N) is 1. The molecule has 2 aromatic heterocycles. The summed E-state index contributed by atoms with van der Waals surface area (Å²) in [6.07, 6.45) is 3.74. The molecule has 4 heterocycles. The third-order valence-electron chi connectivity index (χ3n) is 6.50. The molecule has 2 aromatic rings. The molecule has 37 heavy (non-hydrogen) atoms. The quantitative estimate of drug-likeness (QED) is 0.568. The molecule has 2 aliphatic rings. The molecular formula is C26H31N7O4. The van der Waals surface area contributed by atoms with Gasteiger partial charge in [0.05, 0.1) is 12.3 Å². The molecule has 3 amide bonds. The zero-order valence-corrected chi connectivity index (χ0v) is 21.5. The number of anilines is 2. The molecule has 1 saturated heterocycles. The van der Waals surface area contributed by atoms with E-state index in [0.29, 0.717) is 55.9 Å². The summed E-state index contributed by atoms with van der Waals surface area (Å²) in [5.41, 5.74) is 2.00. The second-order valence-electron chi connectivity index (χ2n) is 9.76. The van der Waals surface area contributed by atoms with E-state index in [1.165, 1.54) is 17.2 Å². The number of nitriles is 1. The normalized spacial score (nSPS) is 17.1. The van der Waals surface area contributed by atoms with E-state index in [-0.39, 0.29) is 35.1 Å². The number of hydrogen-bond donors (Lipinski definition) is 1. The summed E-state index contributed by atoms with van der Waals surface area (Å²) in [4.78, 5) is 51.6. The van der Waals surface area contributed by atoms with Crippen molar-refractivity contribution in [2.24, 2.45) is 0 Å². The van der Waals surface area contributed by atoms with Crippen LogP contribution in [-0.2, 0) is 17.8 Å². The van der Waals surface area contributed by atoms with Crippen LogP contribution >= 0.6 is 0 Å². The Morgan fingerprint density at radius 3 is 2.81 bits per heavy atom. The van der Waals surface area contributed by atoms with Crippen LogP contribution in [0, 0.1) is 11.3 Å². The maximum atomic E-state index is 13.2. The van der Waals surface area contributed by atoms with E-state index < -0.39 is 6.03 Å². The molecule has 1 fully saturated rings. The minimum absolute atomic E-state index is 0.0463. The molecular weight excluding hydrogens is 474 g/mol. The molecule has 1 N–H and O–H groups in total. The standard InChI is InChI=1S/C26H31N7O4/c1-16(2)37-22-10-23(28-12-19(22)11-27)30-26(36)33-7-5-6-17-8-18(21(15-34)29-25(17)33)13-32-14-20(31(3)4)9-24(32)35/h8,10,12,15-16,20H,5-7,9,13-14H2,1-4H3,(H,28,30,36)/t20-/m1/s1. The second-order valence-corrected chi connectivity index (χ2v) is 9.76. The highest BCUT2D eigenvalue weighted by atomic mass is 16.5. The summed E-state index contributed by atoms with van der Waals surface area (Å²) >= 11 is 0. The highest BCUT2D eigenvalue weighted by Gasteiger charge is 2.32. The van der Waals surface area contributed by atoms with Gasteiger partial charge in [-0.2, -0.15) is 5.26 Å². The Morgan fingerprint density at radius 1 is 1.38 bits per heavy atom. The SMILES string of the molecule is CC(C)Oc1cc(NC(=O)N2CCCc3cc(CN4C[C@H](N(C)C)CC4=O)c(C=O)nc32)ncc1C#N. The minimum atomic E-state index is -0.450. The van der Waals surface area contributed by atoms with Gasteiger partial charge in [0.25, 0.3) is 0 Å². The molecule has 0 aliphatic carbocycles. The van der Waals surface area contributed by atoms with Crippen molar-refractivity contribution in [2.75, 3.05) is 37.4 Å². The first-order valence-electron chi connectivity index (χ1n) is 12.3. The summed E-state index contributed by atoms with van der Waals surface area (Å²) in [7, 11) is 3.90. The number of urea groups is 1. The number of nitrogens with zero attached hydrogens (tertiary/aromatic N) is 6. The molecule has 4 rings (SSSR count). The molecule has 0 radical (unpaired) electrons. The first-order chi connectivity index (χ1) is 17.7. The zero-order chi connectivity index (χ0) is 26.7. The fraction of sp³-hybridized carbons (Fsp3) is 0.462. The van der Waals surface area contributed by atoms with Gasteiger partial charge in [0, 0.05) is 43.7 Å². The maximum absolute atomic E-state index is 13.2. The van der Waals surface area contributed by atoms with Gasteiger partial charge in [-0.1, -0.05) is 0 Å². The predicted molar refractivity (Wildman–Crippen MR) is 137 cm³/mol. The number of aromatic nitrogens is 2. The maximum Gasteiger partial charge on any atom is 0.328 e. The lowest BCUT2D eigenvalue weighted by atomic mass is 10.0. The number of aryl methyl sites for hydroxylation is 1. The topological polar surface area (TPSA) is 132 Å². The number of aldehydes is 1. The number of likely N-dealkylation sites (N-methyl/N-ethyl adjacent to an activating group) is 1. The van der Waals surface area contributed by atoms with Crippen LogP contribution in [0.4, 0.5) is 16.4 Å². The summed E-state index contributed by atoms with van der Waals surface area (Å²) in [6.45, 7) is 5.00. The van der Waals surface area contributed by atoms with Crippen LogP contribution in [0.25, 0.3) is 0 Å². The lowest BCUT2D eigenvalue weighted by Crippen LogP contribution is -2.40. The van der Waals surface area contributed by atoms with Gasteiger partial charge in [-0.05, 0) is 52.4 Å². The van der Waals surface area contributed by atoms with E-state index in [1.54, 1.807) is 4.90 Å². The average molecular weight is 506 g/mol. The van der Waals surface area contributed by atoms with Crippen molar-refractivity contribution in [3.05, 3.63) is 40.7 Å². The number of likely N-dealkylation sites (tertiary alicyclic amines) is 1. The number of carbonyl (C=O) groups is 3. The smallest absolute Gasteiger partial charge is 0.328 e. The van der Waals surface area contributed by atoms with E-state index in [0.717, 1.165) is 12.0 Å². The van der Waals surface area contributed by atoms with Crippen LogP contribution in [0.2, 0.25) is 0 Å². The van der Waals surface area contributed by atoms with Crippen molar-refractivity contribution in [2.45, 2.75) is 51.8 Å². The average Bonchev–Trinajstić information content (AvgIpc) is 3.23. The highest BCUT2D eigenvalue weighted by molar-refractivity contribution is 6.01. The lowest BCUT2D eigenvalue weighted by molar-refractivity contribution is -0.128. The summed E-state index contributed by atoms with van der Waals surface area (Å²) in [6, 6.07) is 5.12. The third kappa shape index (κ3) is 5.70. The van der Waals surface area contributed by atoms with Crippen LogP contribution in [0.3, 0.4) is 0 Å². The van der Waals surface area contributed by atoms with Crippen molar-refractivity contribution in [3.8, 4) is 11.8 Å². The molecule has 11 nitrogen and oxygen atoms in total. The zero-order valence-electron chi connectivity index (χ0n) is 21.5. The number of ether oxygens (including phenoxy) is 1. The number of hydrogen-bond acceptors (Lipinski definition) is 8. The molecule has 0 unspecified atom stereocenters. The Morgan fingerprint density at radius 2 is 2.16 bits per heavy atom. The fourth-order valence-electron chi connectivity index (χ4n) is 4.56. The van der Waals surface area contributed by atoms with Crippen molar-refractivity contribution in [1.82, 2.24) is 19.8 Å². The minimum Gasteiger partial charge on any atom is -0.489 e. The first kappa shape index (κ1) is 26.0. The second kappa shape index (κ2) is 10.9. The number of fused-ring (bicyclic) bond motifs is 1. The van der Waals surface area contributed by atoms with Crippen molar-refractivity contribution in [1.29, 1.82) is 5.26 Å². The largest absolute Gasteiger partial charge is 0.489 e. The summed E-state index contributed by atoms with van der Waals surface area (Å²) in [5, 5.41) is 12.1. The van der Waals surface area contributed by atoms with Gasteiger partial charge in [-0.15, -0.1) is 0 Å². The van der Waals surface area contributed by atoms with Gasteiger partial charge in [0.2, 0.25) is 5.91 Å². The van der Waals surface area contributed by atoms with Crippen molar-refractivity contribution in [3.63, 3.8) is 0 Å². The van der Waals surface area contributed by atoms with E-state index in [4.69, 9.17) is 4.74 Å². The van der Waals surface area contributed by atoms with Crippen LogP contribution in [-0.4, -0.2) is 77.3 Å². The first-order valence-corrected chi connectivity index (χ1v) is 12.3. The van der Waals surface area contributed by atoms with Crippen LogP contribution in [0.5, 0.6) is 5.75 Å². The van der Waals surface area contributed by atoms with E-state index in [2.05, 4.69) is 15.3 Å². The molecule has 1 atom stereocenters. The molecule has 2 aliphatic heterocycles. The Balaban J connectivity index is 1.56. The van der Waals surface area contributed by atoms with E-state index in [1.807, 2.05) is 45.0 Å². The monoisotopic (exact) mass is 505 g/mol. The molecule has 11 heteroatoms. The Hall–Kier alpha value is -4.04. The third-order valence-corrected chi connectivity index (χ3v) is 6.50. The fourth-order valence-corrected chi connectivity index (χ4v) is 4.56. The van der Waals surface area contributed by atoms with Crippen molar-refractivity contribution < 1.29 is 19.1 Å². The van der Waals surface area contributed by atoms with Gasteiger partial charge >= 0.3 is 6.03 Å². The van der Waals surface area contributed by atoms with Gasteiger partial charge in [-0.3, -0.25) is 19.8 Å². The van der Waals surface area contributed by atoms with Crippen molar-refractivity contribution >= 4 is 29.9 Å².